The Hall–Kier alpha value is -1.62. The lowest BCUT2D eigenvalue weighted by Crippen LogP contribution is -1.99. The molecule has 0 unspecified atom stereocenters. The molecular weight excluding hydrogens is 226 g/mol. The minimum Gasteiger partial charge on any atom is -0.481 e. The maximum Gasteiger partial charge on any atom is 0.309 e. The van der Waals surface area contributed by atoms with Gasteiger partial charge in [0, 0.05) is 11.8 Å². The Balaban J connectivity index is 2.20. The number of thiazole rings is 1. The van der Waals surface area contributed by atoms with Crippen molar-refractivity contribution in [1.82, 2.24) is 4.98 Å². The van der Waals surface area contributed by atoms with Crippen molar-refractivity contribution in [2.24, 2.45) is 0 Å². The molecule has 0 aliphatic heterocycles. The summed E-state index contributed by atoms with van der Waals surface area (Å²) in [5, 5.41) is 11.1. The van der Waals surface area contributed by atoms with Gasteiger partial charge in [-0.05, 0) is 12.1 Å². The smallest absolute Gasteiger partial charge is 0.309 e. The van der Waals surface area contributed by atoms with Crippen LogP contribution in [0.15, 0.2) is 21.9 Å². The summed E-state index contributed by atoms with van der Waals surface area (Å²) in [7, 11) is 0. The van der Waals surface area contributed by atoms with E-state index in [0.29, 0.717) is 11.5 Å². The molecule has 16 heavy (non-hydrogen) atoms. The number of nitrogens with zero attached hydrogens (tertiary/aromatic N) is 1. The van der Waals surface area contributed by atoms with E-state index in [2.05, 4.69) is 4.98 Å². The molecule has 84 valence electrons. The van der Waals surface area contributed by atoms with Crippen LogP contribution in [0.1, 0.15) is 18.4 Å². The number of rotatable bonds is 4. The molecule has 4 nitrogen and oxygen atoms in total. The first-order valence-corrected chi connectivity index (χ1v) is 5.82. The molecule has 0 aliphatic carbocycles. The summed E-state index contributed by atoms with van der Waals surface area (Å²) < 4.78 is 5.54. The van der Waals surface area contributed by atoms with Gasteiger partial charge in [-0.3, -0.25) is 4.79 Å². The number of carboxylic acids is 1. The normalized spacial score (nSPS) is 10.6. The molecule has 0 aromatic carbocycles. The zero-order valence-corrected chi connectivity index (χ0v) is 9.58. The molecule has 0 radical (unpaired) electrons. The molecule has 0 amide bonds. The van der Waals surface area contributed by atoms with Gasteiger partial charge in [0.1, 0.15) is 5.76 Å². The molecular formula is C11H11NO3S. The first-order chi connectivity index (χ1) is 7.69. The second-order valence-corrected chi connectivity index (χ2v) is 4.19. The highest BCUT2D eigenvalue weighted by Crippen LogP contribution is 2.26. The second-order valence-electron chi connectivity index (χ2n) is 3.33. The van der Waals surface area contributed by atoms with Crippen LogP contribution in [0.4, 0.5) is 0 Å². The highest BCUT2D eigenvalue weighted by molar-refractivity contribution is 7.13. The summed E-state index contributed by atoms with van der Waals surface area (Å²) in [6.45, 7) is 2.01. The van der Waals surface area contributed by atoms with Gasteiger partial charge >= 0.3 is 5.97 Å². The molecule has 1 N–H and O–H groups in total. The van der Waals surface area contributed by atoms with E-state index in [4.69, 9.17) is 9.52 Å². The van der Waals surface area contributed by atoms with Gasteiger partial charge in [0.25, 0.3) is 0 Å². The first kappa shape index (κ1) is 10.9. The summed E-state index contributed by atoms with van der Waals surface area (Å²) in [5.74, 6) is 0.744. The second kappa shape index (κ2) is 4.49. The Morgan fingerprint density at radius 3 is 3.00 bits per heavy atom. The van der Waals surface area contributed by atoms with Gasteiger partial charge in [-0.25, -0.2) is 4.98 Å². The predicted octanol–water partition coefficient (Wildman–Crippen LogP) is 2.59. The zero-order valence-electron chi connectivity index (χ0n) is 8.77. The minimum absolute atomic E-state index is 0.0438. The largest absolute Gasteiger partial charge is 0.481 e. The van der Waals surface area contributed by atoms with E-state index in [0.717, 1.165) is 17.2 Å². The fraction of sp³-hybridized carbons (Fsp3) is 0.273. The van der Waals surface area contributed by atoms with Crippen LogP contribution in [-0.2, 0) is 17.6 Å². The molecule has 0 atom stereocenters. The third kappa shape index (κ3) is 2.30. The van der Waals surface area contributed by atoms with Crippen LogP contribution >= 0.6 is 11.3 Å². The van der Waals surface area contributed by atoms with E-state index in [-0.39, 0.29) is 6.42 Å². The van der Waals surface area contributed by atoms with Gasteiger partial charge < -0.3 is 9.52 Å². The van der Waals surface area contributed by atoms with Crippen molar-refractivity contribution in [3.63, 3.8) is 0 Å². The van der Waals surface area contributed by atoms with E-state index >= 15 is 0 Å². The van der Waals surface area contributed by atoms with E-state index in [1.807, 2.05) is 19.1 Å². The van der Waals surface area contributed by atoms with Crippen LogP contribution in [0.25, 0.3) is 10.8 Å². The highest BCUT2D eigenvalue weighted by atomic mass is 32.1. The SMILES string of the molecule is CCc1ccc(-c2nc(CC(=O)O)cs2)o1. The molecule has 0 saturated carbocycles. The lowest BCUT2D eigenvalue weighted by atomic mass is 10.3. The lowest BCUT2D eigenvalue weighted by molar-refractivity contribution is -0.136. The van der Waals surface area contributed by atoms with E-state index < -0.39 is 5.97 Å². The van der Waals surface area contributed by atoms with Crippen LogP contribution in [0, 0.1) is 0 Å². The van der Waals surface area contributed by atoms with Crippen molar-refractivity contribution < 1.29 is 14.3 Å². The number of furan rings is 1. The molecule has 2 aromatic rings. The van der Waals surface area contributed by atoms with E-state index in [9.17, 15) is 4.79 Å². The van der Waals surface area contributed by atoms with Crippen molar-refractivity contribution in [2.75, 3.05) is 0 Å². The Bertz CT molecular complexity index is 501. The topological polar surface area (TPSA) is 63.3 Å². The van der Waals surface area contributed by atoms with Crippen LogP contribution in [-0.4, -0.2) is 16.1 Å². The van der Waals surface area contributed by atoms with Crippen LogP contribution in [0.3, 0.4) is 0 Å². The monoisotopic (exact) mass is 237 g/mol. The third-order valence-electron chi connectivity index (χ3n) is 2.10. The fourth-order valence-corrected chi connectivity index (χ4v) is 2.12. The van der Waals surface area contributed by atoms with Crippen LogP contribution in [0.2, 0.25) is 0 Å². The number of carbonyl (C=O) groups is 1. The first-order valence-electron chi connectivity index (χ1n) is 4.94. The van der Waals surface area contributed by atoms with Crippen molar-refractivity contribution in [1.29, 1.82) is 0 Å². The maximum absolute atomic E-state index is 10.5. The average molecular weight is 237 g/mol. The van der Waals surface area contributed by atoms with E-state index in [1.165, 1.54) is 11.3 Å². The summed E-state index contributed by atoms with van der Waals surface area (Å²) in [6.07, 6.45) is 0.797. The van der Waals surface area contributed by atoms with Gasteiger partial charge in [0.2, 0.25) is 0 Å². The third-order valence-corrected chi connectivity index (χ3v) is 3.01. The Kier molecular flexibility index (Phi) is 3.05. The molecule has 2 rings (SSSR count). The maximum atomic E-state index is 10.5. The molecule has 2 aromatic heterocycles. The Labute approximate surface area is 96.6 Å². The number of aromatic nitrogens is 1. The lowest BCUT2D eigenvalue weighted by Gasteiger charge is -1.90. The zero-order chi connectivity index (χ0) is 11.5. The number of aryl methyl sites for hydroxylation is 1. The minimum atomic E-state index is -0.870. The van der Waals surface area contributed by atoms with Gasteiger partial charge in [0.05, 0.1) is 12.1 Å². The van der Waals surface area contributed by atoms with Crippen molar-refractivity contribution >= 4 is 17.3 Å². The molecule has 2 heterocycles. The van der Waals surface area contributed by atoms with E-state index in [1.54, 1.807) is 5.38 Å². The molecule has 0 bridgehead atoms. The van der Waals surface area contributed by atoms with Crippen LogP contribution in [0.5, 0.6) is 0 Å². The van der Waals surface area contributed by atoms with Crippen LogP contribution < -0.4 is 0 Å². The highest BCUT2D eigenvalue weighted by Gasteiger charge is 2.10. The van der Waals surface area contributed by atoms with Crippen molar-refractivity contribution in [3.8, 4) is 10.8 Å². The molecule has 0 fully saturated rings. The summed E-state index contributed by atoms with van der Waals surface area (Å²) in [6, 6.07) is 3.77. The quantitative estimate of drug-likeness (QED) is 0.887. The summed E-state index contributed by atoms with van der Waals surface area (Å²) in [5.41, 5.74) is 0.571. The summed E-state index contributed by atoms with van der Waals surface area (Å²) >= 11 is 1.40. The molecule has 0 spiro atoms. The van der Waals surface area contributed by atoms with Crippen molar-refractivity contribution in [3.05, 3.63) is 29.0 Å². The number of aliphatic carboxylic acids is 1. The number of hydrogen-bond donors (Lipinski definition) is 1. The predicted molar refractivity (Wildman–Crippen MR) is 60.5 cm³/mol. The standard InChI is InChI=1S/C11H11NO3S/c1-2-8-3-4-9(15-8)11-12-7(6-16-11)5-10(13)14/h3-4,6H,2,5H2,1H3,(H,13,14). The van der Waals surface area contributed by atoms with Gasteiger partial charge in [-0.15, -0.1) is 11.3 Å². The molecule has 0 saturated heterocycles. The summed E-state index contributed by atoms with van der Waals surface area (Å²) in [4.78, 5) is 14.7. The van der Waals surface area contributed by atoms with Crippen molar-refractivity contribution in [2.45, 2.75) is 19.8 Å². The molecule has 5 heteroatoms. The van der Waals surface area contributed by atoms with Gasteiger partial charge in [-0.1, -0.05) is 6.92 Å². The molecule has 0 aliphatic rings. The van der Waals surface area contributed by atoms with Gasteiger partial charge in [-0.2, -0.15) is 0 Å². The Morgan fingerprint density at radius 1 is 1.56 bits per heavy atom. The van der Waals surface area contributed by atoms with Gasteiger partial charge in [0.15, 0.2) is 10.8 Å². The average Bonchev–Trinajstić information content (AvgIpc) is 2.83. The number of carboxylic acid groups (broad SMARTS) is 1. The fourth-order valence-electron chi connectivity index (χ4n) is 1.34. The number of hydrogen-bond acceptors (Lipinski definition) is 4. The Morgan fingerprint density at radius 2 is 2.38 bits per heavy atom.